The lowest BCUT2D eigenvalue weighted by Gasteiger charge is -2.20. The van der Waals surface area contributed by atoms with Crippen molar-refractivity contribution in [3.63, 3.8) is 0 Å². The number of benzene rings is 2. The summed E-state index contributed by atoms with van der Waals surface area (Å²) in [4.78, 5) is 26.2. The van der Waals surface area contributed by atoms with E-state index in [1.807, 2.05) is 62.4 Å². The number of hydrogen-bond acceptors (Lipinski definition) is 5. The largest absolute Gasteiger partial charge is 0.491 e. The van der Waals surface area contributed by atoms with E-state index in [-0.39, 0.29) is 23.9 Å². The highest BCUT2D eigenvalue weighted by molar-refractivity contribution is 5.27. The number of rotatable bonds is 7. The molecule has 0 amide bonds. The third-order valence-electron chi connectivity index (χ3n) is 5.61. The second-order valence-corrected chi connectivity index (χ2v) is 8.35. The van der Waals surface area contributed by atoms with Gasteiger partial charge in [0.05, 0.1) is 12.6 Å². The van der Waals surface area contributed by atoms with Gasteiger partial charge in [0.1, 0.15) is 30.3 Å². The highest BCUT2D eigenvalue weighted by Crippen LogP contribution is 2.27. The summed E-state index contributed by atoms with van der Waals surface area (Å²) in [7, 11) is 0. The molecular formula is C25H28N2O5. The van der Waals surface area contributed by atoms with Crippen LogP contribution in [0.4, 0.5) is 0 Å². The minimum absolute atomic E-state index is 0.229. The van der Waals surface area contributed by atoms with E-state index in [0.29, 0.717) is 25.1 Å². The zero-order chi connectivity index (χ0) is 22.7. The summed E-state index contributed by atoms with van der Waals surface area (Å²) >= 11 is 0. The first-order valence-corrected chi connectivity index (χ1v) is 10.8. The van der Waals surface area contributed by atoms with Crippen LogP contribution in [0.25, 0.3) is 0 Å². The van der Waals surface area contributed by atoms with Crippen LogP contribution >= 0.6 is 0 Å². The van der Waals surface area contributed by atoms with Crippen molar-refractivity contribution < 1.29 is 14.2 Å². The molecule has 1 saturated heterocycles. The Morgan fingerprint density at radius 1 is 0.969 bits per heavy atom. The number of hydrogen-bond donors (Lipinski definition) is 1. The normalized spacial score (nSPS) is 20.3. The van der Waals surface area contributed by atoms with Gasteiger partial charge in [0.25, 0.3) is 5.56 Å². The first kappa shape index (κ1) is 21.9. The minimum atomic E-state index is -0.445. The summed E-state index contributed by atoms with van der Waals surface area (Å²) in [6.07, 6.45) is 1.38. The number of aromatic amines is 1. The van der Waals surface area contributed by atoms with Crippen molar-refractivity contribution >= 4 is 0 Å². The summed E-state index contributed by atoms with van der Waals surface area (Å²) in [5.74, 6) is 1.53. The van der Waals surface area contributed by atoms with E-state index in [2.05, 4.69) is 4.98 Å². The molecule has 3 atom stereocenters. The maximum absolute atomic E-state index is 12.2. The fraction of sp³-hybridized carbons (Fsp3) is 0.360. The van der Waals surface area contributed by atoms with E-state index < -0.39 is 5.69 Å². The number of aryl methyl sites for hydroxylation is 3. The molecule has 0 radical (unpaired) electrons. The first-order chi connectivity index (χ1) is 15.4. The molecule has 0 spiro atoms. The zero-order valence-electron chi connectivity index (χ0n) is 18.5. The Bertz CT molecular complexity index is 1160. The van der Waals surface area contributed by atoms with Gasteiger partial charge in [-0.25, -0.2) is 4.79 Å². The molecule has 0 bridgehead atoms. The lowest BCUT2D eigenvalue weighted by molar-refractivity contribution is -0.0149. The van der Waals surface area contributed by atoms with Crippen LogP contribution in [-0.4, -0.2) is 34.5 Å². The highest BCUT2D eigenvalue weighted by atomic mass is 16.6. The molecule has 32 heavy (non-hydrogen) atoms. The highest BCUT2D eigenvalue weighted by Gasteiger charge is 2.38. The number of nitrogens with zero attached hydrogens (tertiary/aromatic N) is 1. The Labute approximate surface area is 186 Å². The van der Waals surface area contributed by atoms with Gasteiger partial charge in [-0.2, -0.15) is 0 Å². The maximum atomic E-state index is 12.2. The molecule has 1 fully saturated rings. The van der Waals surface area contributed by atoms with E-state index in [4.69, 9.17) is 14.2 Å². The topological polar surface area (TPSA) is 82.5 Å². The Balaban J connectivity index is 1.49. The van der Waals surface area contributed by atoms with Gasteiger partial charge < -0.3 is 14.2 Å². The molecule has 0 aliphatic carbocycles. The van der Waals surface area contributed by atoms with Gasteiger partial charge in [-0.05, 0) is 45.0 Å². The van der Waals surface area contributed by atoms with Crippen LogP contribution in [0.2, 0.25) is 0 Å². The van der Waals surface area contributed by atoms with Gasteiger partial charge in [0, 0.05) is 18.2 Å². The molecule has 0 unspecified atom stereocenters. The van der Waals surface area contributed by atoms with Crippen molar-refractivity contribution in [2.24, 2.45) is 0 Å². The van der Waals surface area contributed by atoms with Crippen LogP contribution in [0.15, 0.2) is 64.3 Å². The number of ether oxygens (including phenoxy) is 3. The second kappa shape index (κ2) is 9.44. The monoisotopic (exact) mass is 436 g/mol. The average Bonchev–Trinajstić information content (AvgIpc) is 3.14. The summed E-state index contributed by atoms with van der Waals surface area (Å²) in [5.41, 5.74) is 1.99. The third kappa shape index (κ3) is 5.29. The van der Waals surface area contributed by atoms with Crippen molar-refractivity contribution in [1.82, 2.24) is 9.55 Å². The summed E-state index contributed by atoms with van der Waals surface area (Å²) < 4.78 is 19.9. The molecule has 2 heterocycles. The van der Waals surface area contributed by atoms with Crippen molar-refractivity contribution in [2.45, 2.75) is 52.0 Å². The molecule has 1 aliphatic heterocycles. The van der Waals surface area contributed by atoms with Crippen LogP contribution in [0.1, 0.15) is 23.1 Å². The van der Waals surface area contributed by atoms with Gasteiger partial charge in [0.2, 0.25) is 0 Å². The Morgan fingerprint density at radius 3 is 2.25 bits per heavy atom. The number of nitrogens with one attached hydrogen (secondary N) is 1. The molecule has 7 heteroatoms. The Hall–Kier alpha value is -3.32. The molecule has 1 aromatic heterocycles. The van der Waals surface area contributed by atoms with E-state index in [0.717, 1.165) is 22.6 Å². The first-order valence-electron chi connectivity index (χ1n) is 10.8. The SMILES string of the molecule is Cc1ccc(OC[C@H]2O[C@@H](Cn3cc(C)c(=O)[nH]c3=O)C[C@@H]2Oc2ccc(C)cc2)cc1. The summed E-state index contributed by atoms with van der Waals surface area (Å²) in [6, 6.07) is 15.7. The quantitative estimate of drug-likeness (QED) is 0.615. The van der Waals surface area contributed by atoms with Gasteiger partial charge in [-0.1, -0.05) is 35.4 Å². The lowest BCUT2D eigenvalue weighted by atomic mass is 10.1. The molecular weight excluding hydrogens is 408 g/mol. The third-order valence-corrected chi connectivity index (χ3v) is 5.61. The summed E-state index contributed by atoms with van der Waals surface area (Å²) in [5, 5.41) is 0. The van der Waals surface area contributed by atoms with Crippen molar-refractivity contribution in [3.8, 4) is 11.5 Å². The van der Waals surface area contributed by atoms with E-state index in [9.17, 15) is 9.59 Å². The zero-order valence-corrected chi connectivity index (χ0v) is 18.5. The fourth-order valence-electron chi connectivity index (χ4n) is 3.77. The molecule has 4 rings (SSSR count). The average molecular weight is 437 g/mol. The second-order valence-electron chi connectivity index (χ2n) is 8.35. The molecule has 2 aromatic carbocycles. The van der Waals surface area contributed by atoms with E-state index in [1.165, 1.54) is 4.57 Å². The molecule has 3 aromatic rings. The summed E-state index contributed by atoms with van der Waals surface area (Å²) in [6.45, 7) is 6.38. The van der Waals surface area contributed by atoms with Crippen LogP contribution in [-0.2, 0) is 11.3 Å². The van der Waals surface area contributed by atoms with Crippen LogP contribution < -0.4 is 20.7 Å². The molecule has 0 saturated carbocycles. The van der Waals surface area contributed by atoms with Crippen LogP contribution in [0.5, 0.6) is 11.5 Å². The van der Waals surface area contributed by atoms with Gasteiger partial charge in [-0.15, -0.1) is 0 Å². The molecule has 168 valence electrons. The number of H-pyrrole nitrogens is 1. The van der Waals surface area contributed by atoms with Crippen LogP contribution in [0.3, 0.4) is 0 Å². The fourth-order valence-corrected chi connectivity index (χ4v) is 3.77. The molecule has 1 aliphatic rings. The van der Waals surface area contributed by atoms with Gasteiger partial charge in [0.15, 0.2) is 0 Å². The molecule has 1 N–H and O–H groups in total. The predicted octanol–water partition coefficient (Wildman–Crippen LogP) is 3.15. The predicted molar refractivity (Wildman–Crippen MR) is 122 cm³/mol. The van der Waals surface area contributed by atoms with E-state index >= 15 is 0 Å². The smallest absolute Gasteiger partial charge is 0.328 e. The minimum Gasteiger partial charge on any atom is -0.491 e. The van der Waals surface area contributed by atoms with Gasteiger partial charge in [-0.3, -0.25) is 14.3 Å². The van der Waals surface area contributed by atoms with Crippen molar-refractivity contribution in [2.75, 3.05) is 6.61 Å². The standard InChI is InChI=1S/C25H28N2O5/c1-16-4-8-19(9-5-16)30-15-23-22(31-20-10-6-17(2)7-11-20)12-21(32-23)14-27-13-18(3)24(28)26-25(27)29/h4-11,13,21-23H,12,14-15H2,1-3H3,(H,26,28,29)/t21-,22+,23-/m1/s1. The Morgan fingerprint density at radius 2 is 1.59 bits per heavy atom. The Kier molecular flexibility index (Phi) is 6.46. The maximum Gasteiger partial charge on any atom is 0.328 e. The van der Waals surface area contributed by atoms with E-state index in [1.54, 1.807) is 13.1 Å². The number of aromatic nitrogens is 2. The van der Waals surface area contributed by atoms with Crippen molar-refractivity contribution in [1.29, 1.82) is 0 Å². The van der Waals surface area contributed by atoms with Gasteiger partial charge >= 0.3 is 5.69 Å². The van der Waals surface area contributed by atoms with Crippen molar-refractivity contribution in [3.05, 3.63) is 92.3 Å². The lowest BCUT2D eigenvalue weighted by Crippen LogP contribution is -2.34. The molecule has 7 nitrogen and oxygen atoms in total. The van der Waals surface area contributed by atoms with Crippen LogP contribution in [0, 0.1) is 20.8 Å².